The van der Waals surface area contributed by atoms with Gasteiger partial charge in [0.2, 0.25) is 12.7 Å². The van der Waals surface area contributed by atoms with E-state index in [1.165, 1.54) is 18.3 Å². The minimum atomic E-state index is -0.240. The van der Waals surface area contributed by atoms with E-state index >= 15 is 0 Å². The second kappa shape index (κ2) is 8.01. The van der Waals surface area contributed by atoms with Crippen molar-refractivity contribution < 1.29 is 23.9 Å². The predicted molar refractivity (Wildman–Crippen MR) is 97.1 cm³/mol. The molecule has 0 bridgehead atoms. The fourth-order valence-electron chi connectivity index (χ4n) is 2.50. The molecule has 3 rings (SSSR count). The highest BCUT2D eigenvalue weighted by molar-refractivity contribution is 7.08. The van der Waals surface area contributed by atoms with Crippen molar-refractivity contribution in [2.45, 2.75) is 19.8 Å². The van der Waals surface area contributed by atoms with E-state index in [4.69, 9.17) is 9.47 Å². The molecular weight excluding hydrogens is 356 g/mol. The molecular formula is C18H18N2O5S. The molecule has 1 aromatic carbocycles. The fourth-order valence-corrected chi connectivity index (χ4v) is 3.13. The van der Waals surface area contributed by atoms with E-state index in [0.29, 0.717) is 41.3 Å². The van der Waals surface area contributed by atoms with Crippen molar-refractivity contribution in [1.82, 2.24) is 5.32 Å². The number of rotatable bonds is 7. The number of anilines is 1. The van der Waals surface area contributed by atoms with Crippen LogP contribution < -0.4 is 20.1 Å². The summed E-state index contributed by atoms with van der Waals surface area (Å²) in [6, 6.07) is 4.91. The number of hydrogen-bond acceptors (Lipinski definition) is 6. The molecule has 0 saturated carbocycles. The largest absolute Gasteiger partial charge is 0.454 e. The highest BCUT2D eigenvalue weighted by Crippen LogP contribution is 2.37. The molecule has 2 N–H and O–H groups in total. The molecule has 7 nitrogen and oxygen atoms in total. The van der Waals surface area contributed by atoms with E-state index in [1.807, 2.05) is 5.38 Å². The number of amides is 2. The lowest BCUT2D eigenvalue weighted by Gasteiger charge is -2.11. The van der Waals surface area contributed by atoms with Crippen LogP contribution in [-0.4, -0.2) is 30.9 Å². The Hall–Kier alpha value is -2.87. The molecule has 2 heterocycles. The van der Waals surface area contributed by atoms with Crippen LogP contribution in [0.25, 0.3) is 0 Å². The summed E-state index contributed by atoms with van der Waals surface area (Å²) in [4.78, 5) is 35.8. The van der Waals surface area contributed by atoms with Gasteiger partial charge in [-0.15, -0.1) is 0 Å². The van der Waals surface area contributed by atoms with E-state index in [9.17, 15) is 14.4 Å². The van der Waals surface area contributed by atoms with Gasteiger partial charge in [0.15, 0.2) is 17.3 Å². The lowest BCUT2D eigenvalue weighted by molar-refractivity contribution is -0.116. The van der Waals surface area contributed by atoms with Gasteiger partial charge in [0.1, 0.15) is 0 Å². The van der Waals surface area contributed by atoms with Crippen LogP contribution >= 0.6 is 11.3 Å². The van der Waals surface area contributed by atoms with Crippen molar-refractivity contribution in [2.75, 3.05) is 18.7 Å². The first-order chi connectivity index (χ1) is 12.5. The first kappa shape index (κ1) is 17.9. The molecule has 1 aromatic heterocycles. The Morgan fingerprint density at radius 1 is 1.19 bits per heavy atom. The third kappa shape index (κ3) is 4.20. The maximum atomic E-state index is 12.2. The third-order valence-corrected chi connectivity index (χ3v) is 4.50. The molecule has 1 aliphatic heterocycles. The molecule has 26 heavy (non-hydrogen) atoms. The molecule has 2 amide bonds. The molecule has 0 atom stereocenters. The Morgan fingerprint density at radius 3 is 2.65 bits per heavy atom. The highest BCUT2D eigenvalue weighted by Gasteiger charge is 2.20. The van der Waals surface area contributed by atoms with E-state index in [-0.39, 0.29) is 30.8 Å². The van der Waals surface area contributed by atoms with Gasteiger partial charge in [-0.2, -0.15) is 11.3 Å². The number of Topliss-reactive ketones (excluding diaryl/α,β-unsaturated/α-hetero) is 1. The molecule has 1 aliphatic rings. The summed E-state index contributed by atoms with van der Waals surface area (Å²) in [6.07, 6.45) is 0.706. The quantitative estimate of drug-likeness (QED) is 0.574. The molecule has 0 unspecified atom stereocenters. The van der Waals surface area contributed by atoms with Gasteiger partial charge in [-0.1, -0.05) is 0 Å². The van der Waals surface area contributed by atoms with Crippen molar-refractivity contribution in [3.63, 3.8) is 0 Å². The molecule has 0 aliphatic carbocycles. The summed E-state index contributed by atoms with van der Waals surface area (Å²) in [5.41, 5.74) is 1.38. The average molecular weight is 374 g/mol. The smallest absolute Gasteiger partial charge is 0.252 e. The Balaban J connectivity index is 1.52. The molecule has 8 heteroatoms. The summed E-state index contributed by atoms with van der Waals surface area (Å²) in [6.45, 7) is 1.91. The van der Waals surface area contributed by atoms with Crippen molar-refractivity contribution in [3.8, 4) is 11.5 Å². The van der Waals surface area contributed by atoms with Gasteiger partial charge in [0.25, 0.3) is 5.91 Å². The van der Waals surface area contributed by atoms with Gasteiger partial charge in [-0.3, -0.25) is 14.4 Å². The summed E-state index contributed by atoms with van der Waals surface area (Å²) in [5, 5.41) is 9.10. The molecule has 0 saturated heterocycles. The van der Waals surface area contributed by atoms with Gasteiger partial charge in [0.05, 0.1) is 5.69 Å². The third-order valence-electron chi connectivity index (χ3n) is 3.82. The lowest BCUT2D eigenvalue weighted by atomic mass is 10.1. The van der Waals surface area contributed by atoms with Gasteiger partial charge in [0, 0.05) is 35.5 Å². The van der Waals surface area contributed by atoms with Gasteiger partial charge >= 0.3 is 0 Å². The minimum Gasteiger partial charge on any atom is -0.454 e. The van der Waals surface area contributed by atoms with E-state index in [1.54, 1.807) is 23.6 Å². The summed E-state index contributed by atoms with van der Waals surface area (Å²) in [7, 11) is 0. The fraction of sp³-hybridized carbons (Fsp3) is 0.278. The van der Waals surface area contributed by atoms with Crippen LogP contribution in [0.5, 0.6) is 11.5 Å². The number of benzene rings is 1. The number of nitrogens with one attached hydrogen (secondary N) is 2. The summed E-state index contributed by atoms with van der Waals surface area (Å²) >= 11 is 1.45. The van der Waals surface area contributed by atoms with Crippen LogP contribution in [0.1, 0.15) is 40.5 Å². The SMILES string of the molecule is CC(=O)c1cc2c(cc1NC(=O)CCCNC(=O)c1ccsc1)OCO2. The van der Waals surface area contributed by atoms with Crippen LogP contribution in [0.15, 0.2) is 29.0 Å². The number of fused-ring (bicyclic) bond motifs is 1. The number of ketones is 1. The zero-order chi connectivity index (χ0) is 18.5. The lowest BCUT2D eigenvalue weighted by Crippen LogP contribution is -2.25. The number of hydrogen-bond donors (Lipinski definition) is 2. The normalized spacial score (nSPS) is 11.9. The molecule has 0 spiro atoms. The highest BCUT2D eigenvalue weighted by atomic mass is 32.1. The van der Waals surface area contributed by atoms with Gasteiger partial charge < -0.3 is 20.1 Å². The van der Waals surface area contributed by atoms with Crippen LogP contribution in [0.2, 0.25) is 0 Å². The standard InChI is InChI=1S/C18H18N2O5S/c1-11(21)13-7-15-16(25-10-24-15)8-14(13)20-17(22)3-2-5-19-18(23)12-4-6-26-9-12/h4,6-9H,2-3,5,10H2,1H3,(H,19,23)(H,20,22). The van der Waals surface area contributed by atoms with Crippen LogP contribution in [0, 0.1) is 0 Å². The number of carbonyl (C=O) groups is 3. The Labute approximate surface area is 154 Å². The Kier molecular flexibility index (Phi) is 5.52. The van der Waals surface area contributed by atoms with E-state index in [2.05, 4.69) is 10.6 Å². The molecule has 2 aromatic rings. The van der Waals surface area contributed by atoms with Crippen molar-refractivity contribution in [3.05, 3.63) is 40.1 Å². The van der Waals surface area contributed by atoms with Crippen molar-refractivity contribution in [1.29, 1.82) is 0 Å². The van der Waals surface area contributed by atoms with Crippen molar-refractivity contribution in [2.24, 2.45) is 0 Å². The monoisotopic (exact) mass is 374 g/mol. The average Bonchev–Trinajstić information content (AvgIpc) is 3.28. The van der Waals surface area contributed by atoms with Crippen LogP contribution in [0.3, 0.4) is 0 Å². The predicted octanol–water partition coefficient (Wildman–Crippen LogP) is 2.83. The Bertz CT molecular complexity index is 832. The zero-order valence-electron chi connectivity index (χ0n) is 14.2. The second-order valence-corrected chi connectivity index (χ2v) is 6.51. The van der Waals surface area contributed by atoms with Crippen molar-refractivity contribution >= 4 is 34.6 Å². The van der Waals surface area contributed by atoms with Crippen LogP contribution in [-0.2, 0) is 4.79 Å². The summed E-state index contributed by atoms with van der Waals surface area (Å²) in [5.74, 6) is 0.414. The molecule has 136 valence electrons. The van der Waals surface area contributed by atoms with E-state index < -0.39 is 0 Å². The first-order valence-corrected chi connectivity index (χ1v) is 9.03. The number of thiophene rings is 1. The maximum Gasteiger partial charge on any atom is 0.252 e. The maximum absolute atomic E-state index is 12.2. The van der Waals surface area contributed by atoms with Gasteiger partial charge in [-0.25, -0.2) is 0 Å². The van der Waals surface area contributed by atoms with Crippen LogP contribution in [0.4, 0.5) is 5.69 Å². The zero-order valence-corrected chi connectivity index (χ0v) is 15.0. The molecule has 0 radical (unpaired) electrons. The number of carbonyl (C=O) groups excluding carboxylic acids is 3. The summed E-state index contributed by atoms with van der Waals surface area (Å²) < 4.78 is 10.5. The Morgan fingerprint density at radius 2 is 1.96 bits per heavy atom. The molecule has 0 fully saturated rings. The topological polar surface area (TPSA) is 93.7 Å². The first-order valence-electron chi connectivity index (χ1n) is 8.09. The number of ether oxygens (including phenoxy) is 2. The second-order valence-electron chi connectivity index (χ2n) is 5.73. The van der Waals surface area contributed by atoms with Gasteiger partial charge in [-0.05, 0) is 30.9 Å². The minimum absolute atomic E-state index is 0.0912. The van der Waals surface area contributed by atoms with E-state index in [0.717, 1.165) is 0 Å².